The van der Waals surface area contributed by atoms with E-state index in [1.165, 1.54) is 24.5 Å². The van der Waals surface area contributed by atoms with Gasteiger partial charge in [0.2, 0.25) is 5.91 Å². The van der Waals surface area contributed by atoms with E-state index in [0.717, 1.165) is 11.8 Å². The molecule has 146 valence electrons. The van der Waals surface area contributed by atoms with Crippen molar-refractivity contribution in [2.24, 2.45) is 0 Å². The van der Waals surface area contributed by atoms with Crippen LogP contribution in [-0.4, -0.2) is 44.9 Å². The van der Waals surface area contributed by atoms with Gasteiger partial charge in [-0.15, -0.1) is 0 Å². The van der Waals surface area contributed by atoms with Crippen molar-refractivity contribution in [2.45, 2.75) is 12.5 Å². The standard InChI is InChI=1S/C21H17ClFN5O/c1-2-19(29)28-8-7-15(11-28)27-21-16-10-14(26-20(16)24-12-25-21)5-3-13-4-6-17(22)18(23)9-13/h2,4,6,9-10,12,15H,1,7-8,11H2,(H2,24,25,26,27). The lowest BCUT2D eigenvalue weighted by molar-refractivity contribution is -0.125. The first-order valence-corrected chi connectivity index (χ1v) is 9.40. The second-order valence-corrected chi connectivity index (χ2v) is 7.07. The first-order chi connectivity index (χ1) is 14.0. The minimum atomic E-state index is -0.506. The van der Waals surface area contributed by atoms with Crippen molar-refractivity contribution in [3.63, 3.8) is 0 Å². The minimum absolute atomic E-state index is 0.0624. The molecule has 1 unspecified atom stereocenters. The molecule has 1 saturated heterocycles. The summed E-state index contributed by atoms with van der Waals surface area (Å²) in [5.41, 5.74) is 1.80. The number of hydrogen-bond donors (Lipinski definition) is 2. The van der Waals surface area contributed by atoms with Crippen molar-refractivity contribution in [3.8, 4) is 11.8 Å². The first kappa shape index (κ1) is 19.0. The molecule has 1 aliphatic rings. The van der Waals surface area contributed by atoms with Crippen LogP contribution >= 0.6 is 11.6 Å². The van der Waals surface area contributed by atoms with Gasteiger partial charge in [-0.25, -0.2) is 14.4 Å². The van der Waals surface area contributed by atoms with Crippen LogP contribution in [-0.2, 0) is 4.79 Å². The van der Waals surface area contributed by atoms with Gasteiger partial charge in [0.05, 0.1) is 16.1 Å². The molecular weight excluding hydrogens is 393 g/mol. The van der Waals surface area contributed by atoms with Crippen molar-refractivity contribution in [1.29, 1.82) is 0 Å². The second-order valence-electron chi connectivity index (χ2n) is 6.66. The molecule has 1 fully saturated rings. The number of rotatable bonds is 3. The highest BCUT2D eigenvalue weighted by Crippen LogP contribution is 2.23. The van der Waals surface area contributed by atoms with Gasteiger partial charge in [-0.05, 0) is 42.7 Å². The van der Waals surface area contributed by atoms with E-state index in [0.29, 0.717) is 35.8 Å². The second kappa shape index (κ2) is 7.94. The van der Waals surface area contributed by atoms with Crippen LogP contribution in [0.25, 0.3) is 11.0 Å². The Morgan fingerprint density at radius 3 is 3.03 bits per heavy atom. The Labute approximate surface area is 171 Å². The average Bonchev–Trinajstić information content (AvgIpc) is 3.35. The quantitative estimate of drug-likeness (QED) is 0.514. The molecule has 8 heteroatoms. The van der Waals surface area contributed by atoms with Gasteiger partial charge >= 0.3 is 0 Å². The van der Waals surface area contributed by atoms with Gasteiger partial charge in [0.1, 0.15) is 23.6 Å². The van der Waals surface area contributed by atoms with Crippen LogP contribution in [0, 0.1) is 17.7 Å². The minimum Gasteiger partial charge on any atom is -0.365 e. The Morgan fingerprint density at radius 2 is 2.24 bits per heavy atom. The molecule has 0 spiro atoms. The number of anilines is 1. The Bertz CT molecular complexity index is 1160. The van der Waals surface area contributed by atoms with Crippen molar-refractivity contribution in [2.75, 3.05) is 18.4 Å². The number of benzene rings is 1. The summed E-state index contributed by atoms with van der Waals surface area (Å²) < 4.78 is 13.6. The fourth-order valence-corrected chi connectivity index (χ4v) is 3.35. The summed E-state index contributed by atoms with van der Waals surface area (Å²) in [6, 6.07) is 6.37. The van der Waals surface area contributed by atoms with E-state index >= 15 is 0 Å². The van der Waals surface area contributed by atoms with Crippen molar-refractivity contribution in [1.82, 2.24) is 19.9 Å². The summed E-state index contributed by atoms with van der Waals surface area (Å²) in [6.45, 7) is 4.80. The van der Waals surface area contributed by atoms with Crippen molar-refractivity contribution >= 4 is 34.4 Å². The molecule has 0 aliphatic carbocycles. The molecule has 1 aliphatic heterocycles. The van der Waals surface area contributed by atoms with Gasteiger partial charge < -0.3 is 15.2 Å². The Morgan fingerprint density at radius 1 is 1.38 bits per heavy atom. The van der Waals surface area contributed by atoms with Gasteiger partial charge in [-0.2, -0.15) is 0 Å². The monoisotopic (exact) mass is 409 g/mol. The van der Waals surface area contributed by atoms with Gasteiger partial charge in [-0.1, -0.05) is 24.1 Å². The molecule has 3 heterocycles. The number of H-pyrrole nitrogens is 1. The average molecular weight is 410 g/mol. The molecule has 1 amide bonds. The third-order valence-electron chi connectivity index (χ3n) is 4.70. The van der Waals surface area contributed by atoms with Crippen LogP contribution in [0.15, 0.2) is 43.2 Å². The highest BCUT2D eigenvalue weighted by atomic mass is 35.5. The number of carbonyl (C=O) groups is 1. The molecule has 2 N–H and O–H groups in total. The predicted octanol–water partition coefficient (Wildman–Crippen LogP) is 3.35. The van der Waals surface area contributed by atoms with E-state index < -0.39 is 5.82 Å². The van der Waals surface area contributed by atoms with Crippen LogP contribution in [0.2, 0.25) is 5.02 Å². The number of carbonyl (C=O) groups excluding carboxylic acids is 1. The van der Waals surface area contributed by atoms with Crippen LogP contribution < -0.4 is 5.32 Å². The molecule has 1 aromatic carbocycles. The number of aromatic nitrogens is 3. The lowest BCUT2D eigenvalue weighted by atomic mass is 10.2. The number of nitrogens with zero attached hydrogens (tertiary/aromatic N) is 3. The fourth-order valence-electron chi connectivity index (χ4n) is 3.24. The summed E-state index contributed by atoms with van der Waals surface area (Å²) in [5.74, 6) is 5.98. The number of nitrogens with one attached hydrogen (secondary N) is 2. The summed E-state index contributed by atoms with van der Waals surface area (Å²) >= 11 is 5.69. The Hall–Kier alpha value is -3.37. The van der Waals surface area contributed by atoms with Gasteiger partial charge in [0.15, 0.2) is 0 Å². The molecule has 2 aromatic heterocycles. The topological polar surface area (TPSA) is 73.9 Å². The lowest BCUT2D eigenvalue weighted by Gasteiger charge is -2.15. The highest BCUT2D eigenvalue weighted by Gasteiger charge is 2.25. The van der Waals surface area contributed by atoms with E-state index in [4.69, 9.17) is 11.6 Å². The predicted molar refractivity (Wildman–Crippen MR) is 110 cm³/mol. The SMILES string of the molecule is C=CC(=O)N1CCC(Nc2ncnc3[nH]c(C#Cc4ccc(Cl)c(F)c4)cc23)C1. The maximum Gasteiger partial charge on any atom is 0.246 e. The maximum atomic E-state index is 13.6. The third-order valence-corrected chi connectivity index (χ3v) is 5.01. The molecule has 4 rings (SSSR count). The number of fused-ring (bicyclic) bond motifs is 1. The number of amides is 1. The van der Waals surface area contributed by atoms with E-state index in [1.54, 1.807) is 11.0 Å². The van der Waals surface area contributed by atoms with Crippen LogP contribution in [0.3, 0.4) is 0 Å². The normalized spacial score (nSPS) is 15.8. The molecule has 0 radical (unpaired) electrons. The molecule has 1 atom stereocenters. The third kappa shape index (κ3) is 4.08. The van der Waals surface area contributed by atoms with E-state index in [-0.39, 0.29) is 17.0 Å². The lowest BCUT2D eigenvalue weighted by Crippen LogP contribution is -2.30. The van der Waals surface area contributed by atoms with Gasteiger partial charge in [0, 0.05) is 24.7 Å². The molecule has 0 bridgehead atoms. The number of hydrogen-bond acceptors (Lipinski definition) is 4. The van der Waals surface area contributed by atoms with E-state index in [2.05, 4.69) is 38.7 Å². The number of aromatic amines is 1. The molecule has 6 nitrogen and oxygen atoms in total. The zero-order valence-electron chi connectivity index (χ0n) is 15.4. The summed E-state index contributed by atoms with van der Waals surface area (Å²) in [6.07, 6.45) is 3.62. The maximum absolute atomic E-state index is 13.6. The fraction of sp³-hybridized carbons (Fsp3) is 0.190. The first-order valence-electron chi connectivity index (χ1n) is 9.02. The molecule has 29 heavy (non-hydrogen) atoms. The zero-order chi connectivity index (χ0) is 20.4. The smallest absolute Gasteiger partial charge is 0.246 e. The molecule has 0 saturated carbocycles. The van der Waals surface area contributed by atoms with Crippen LogP contribution in [0.1, 0.15) is 17.7 Å². The highest BCUT2D eigenvalue weighted by molar-refractivity contribution is 6.30. The van der Waals surface area contributed by atoms with Gasteiger partial charge in [0.25, 0.3) is 0 Å². The van der Waals surface area contributed by atoms with Crippen LogP contribution in [0.5, 0.6) is 0 Å². The Balaban J connectivity index is 1.55. The summed E-state index contributed by atoms with van der Waals surface area (Å²) in [4.78, 5) is 25.2. The van der Waals surface area contributed by atoms with Crippen molar-refractivity contribution < 1.29 is 9.18 Å². The summed E-state index contributed by atoms with van der Waals surface area (Å²) in [5, 5.41) is 4.24. The summed E-state index contributed by atoms with van der Waals surface area (Å²) in [7, 11) is 0. The number of likely N-dealkylation sites (tertiary alicyclic amines) is 1. The number of halogens is 2. The molecule has 3 aromatic rings. The van der Waals surface area contributed by atoms with E-state index in [9.17, 15) is 9.18 Å². The largest absolute Gasteiger partial charge is 0.365 e. The molecular formula is C21H17ClFN5O. The van der Waals surface area contributed by atoms with Crippen molar-refractivity contribution in [3.05, 3.63) is 65.3 Å². The van der Waals surface area contributed by atoms with Crippen LogP contribution in [0.4, 0.5) is 10.2 Å². The van der Waals surface area contributed by atoms with E-state index in [1.807, 2.05) is 6.07 Å². The Kier molecular flexibility index (Phi) is 5.19. The zero-order valence-corrected chi connectivity index (χ0v) is 16.1. The van der Waals surface area contributed by atoms with Gasteiger partial charge in [-0.3, -0.25) is 4.79 Å².